The van der Waals surface area contributed by atoms with Gasteiger partial charge in [-0.05, 0) is 139 Å². The van der Waals surface area contributed by atoms with Crippen LogP contribution in [0.15, 0.2) is 234 Å². The number of terminal acetylenes is 1. The first kappa shape index (κ1) is 62.1. The monoisotopic (exact) mass is 1020 g/mol. The van der Waals surface area contributed by atoms with Crippen LogP contribution in [-0.2, 0) is 5.41 Å². The van der Waals surface area contributed by atoms with Crippen LogP contribution in [0, 0.1) is 39.0 Å². The zero-order chi connectivity index (χ0) is 56.0. The zero-order valence-corrected chi connectivity index (χ0v) is 49.2. The van der Waals surface area contributed by atoms with E-state index in [0.29, 0.717) is 11.8 Å². The van der Waals surface area contributed by atoms with Gasteiger partial charge in [-0.1, -0.05) is 281 Å². The van der Waals surface area contributed by atoms with E-state index in [-0.39, 0.29) is 5.41 Å². The average Bonchev–Trinajstić information content (AvgIpc) is 4.15. The highest BCUT2D eigenvalue weighted by Gasteiger charge is 2.53. The molecule has 3 unspecified atom stereocenters. The number of benzene rings is 6. The number of hydrogen-bond donors (Lipinski definition) is 0. The van der Waals surface area contributed by atoms with E-state index < -0.39 is 0 Å². The maximum Gasteiger partial charge on any atom is 0.136 e. The molecule has 1 heteroatoms. The summed E-state index contributed by atoms with van der Waals surface area (Å²) >= 11 is 0. The molecule has 6 aromatic carbocycles. The molecular weight excluding hydrogens is 929 g/mol. The molecule has 0 N–H and O–H groups in total. The van der Waals surface area contributed by atoms with Crippen molar-refractivity contribution in [3.8, 4) is 23.5 Å². The number of rotatable bonds is 6. The third-order valence-electron chi connectivity index (χ3n) is 13.5. The Hall–Kier alpha value is -7.40. The van der Waals surface area contributed by atoms with Crippen molar-refractivity contribution in [2.75, 3.05) is 0 Å². The topological polar surface area (TPSA) is 13.1 Å². The van der Waals surface area contributed by atoms with E-state index in [4.69, 9.17) is 10.8 Å². The Morgan fingerprint density at radius 1 is 0.636 bits per heavy atom. The molecule has 0 saturated carbocycles. The minimum atomic E-state index is -0.0826. The van der Waals surface area contributed by atoms with Crippen LogP contribution in [0.25, 0.3) is 38.6 Å². The van der Waals surface area contributed by atoms with Gasteiger partial charge in [0.25, 0.3) is 0 Å². The van der Waals surface area contributed by atoms with Gasteiger partial charge in [0.1, 0.15) is 11.2 Å². The van der Waals surface area contributed by atoms with E-state index in [0.717, 1.165) is 36.0 Å². The van der Waals surface area contributed by atoms with Crippen LogP contribution < -0.4 is 0 Å². The fourth-order valence-electron chi connectivity index (χ4n) is 10.3. The van der Waals surface area contributed by atoms with Crippen molar-refractivity contribution in [3.05, 3.63) is 269 Å². The molecule has 1 nitrogen and oxygen atoms in total. The van der Waals surface area contributed by atoms with Crippen molar-refractivity contribution in [1.29, 1.82) is 0 Å². The van der Waals surface area contributed by atoms with Gasteiger partial charge in [-0.2, -0.15) is 0 Å². The third kappa shape index (κ3) is 15.8. The Morgan fingerprint density at radius 2 is 1.26 bits per heavy atom. The van der Waals surface area contributed by atoms with Crippen LogP contribution in [-0.4, -0.2) is 0 Å². The quantitative estimate of drug-likeness (QED) is 0.120. The van der Waals surface area contributed by atoms with Crippen LogP contribution in [0.5, 0.6) is 0 Å². The second-order valence-electron chi connectivity index (χ2n) is 18.8. The molecule has 0 spiro atoms. The molecule has 3 atom stereocenters. The lowest BCUT2D eigenvalue weighted by Crippen LogP contribution is -2.35. The van der Waals surface area contributed by atoms with Gasteiger partial charge in [-0.3, -0.25) is 0 Å². The lowest BCUT2D eigenvalue weighted by atomic mass is 9.62. The third-order valence-corrected chi connectivity index (χ3v) is 13.5. The zero-order valence-electron chi connectivity index (χ0n) is 49.2. The largest absolute Gasteiger partial charge is 0.456 e. The molecular formula is C76H90O. The van der Waals surface area contributed by atoms with Gasteiger partial charge in [0.05, 0.1) is 5.41 Å². The van der Waals surface area contributed by atoms with Crippen molar-refractivity contribution in [3.63, 3.8) is 0 Å². The predicted octanol–water partition coefficient (Wildman–Crippen LogP) is 22.7. The number of para-hydroxylation sites is 1. The molecule has 7 aromatic rings. The summed E-state index contributed by atoms with van der Waals surface area (Å²) in [5, 5.41) is 2.41. The molecule has 1 heterocycles. The molecule has 0 aliphatic heterocycles. The molecule has 0 radical (unpaired) electrons. The molecule has 4 aliphatic rings. The summed E-state index contributed by atoms with van der Waals surface area (Å²) in [6.07, 6.45) is 41.1. The van der Waals surface area contributed by atoms with Gasteiger partial charge in [-0.15, -0.1) is 6.42 Å². The highest BCUT2D eigenvalue weighted by molar-refractivity contribution is 6.13. The lowest BCUT2D eigenvalue weighted by Gasteiger charge is -2.40. The minimum Gasteiger partial charge on any atom is -0.456 e. The van der Waals surface area contributed by atoms with Crippen LogP contribution in [0.3, 0.4) is 0 Å². The van der Waals surface area contributed by atoms with Crippen molar-refractivity contribution < 1.29 is 4.42 Å². The maximum atomic E-state index is 6.01. The number of fused-ring (bicyclic) bond motifs is 6. The van der Waals surface area contributed by atoms with Crippen LogP contribution in [0.2, 0.25) is 0 Å². The smallest absolute Gasteiger partial charge is 0.136 e. The number of allylic oxidation sites excluding steroid dienone is 16. The fourth-order valence-corrected chi connectivity index (χ4v) is 10.3. The first-order valence-electron chi connectivity index (χ1n) is 28.8. The second kappa shape index (κ2) is 33.6. The van der Waals surface area contributed by atoms with Gasteiger partial charge >= 0.3 is 0 Å². The van der Waals surface area contributed by atoms with Crippen LogP contribution >= 0.6 is 0 Å². The molecule has 0 fully saturated rings. The Kier molecular flexibility index (Phi) is 27.1. The van der Waals surface area contributed by atoms with Gasteiger partial charge < -0.3 is 4.42 Å². The molecule has 0 amide bonds. The summed E-state index contributed by atoms with van der Waals surface area (Å²) in [5.74, 6) is 3.36. The SMILES string of the molecule is C#C/C=C(C)\C=C/CC.C1=CC2c3ccccc3C(C3=CCCC=C3)(c3ccccc3)C2C=C1.CC.CC.CC.CCC.Cc1ccc(C2=CCCC=C2)cc1.Cc1ccccc1-c1c(C)ccc2oc3ccccc3c12. The molecule has 4 aliphatic carbocycles. The Morgan fingerprint density at radius 3 is 1.91 bits per heavy atom. The van der Waals surface area contributed by atoms with Crippen LogP contribution in [0.4, 0.5) is 0 Å². The minimum absolute atomic E-state index is 0.0826. The summed E-state index contributed by atoms with van der Waals surface area (Å²) in [4.78, 5) is 0. The van der Waals surface area contributed by atoms with Crippen LogP contribution in [0.1, 0.15) is 153 Å². The second-order valence-corrected chi connectivity index (χ2v) is 18.8. The highest BCUT2D eigenvalue weighted by atomic mass is 16.3. The van der Waals surface area contributed by atoms with E-state index in [9.17, 15) is 0 Å². The van der Waals surface area contributed by atoms with Crippen molar-refractivity contribution >= 4 is 27.5 Å². The molecule has 77 heavy (non-hydrogen) atoms. The van der Waals surface area contributed by atoms with Crippen molar-refractivity contribution in [1.82, 2.24) is 0 Å². The number of hydrogen-bond acceptors (Lipinski definition) is 1. The summed E-state index contributed by atoms with van der Waals surface area (Å²) in [6, 6.07) is 49.9. The van der Waals surface area contributed by atoms with E-state index in [1.807, 2.05) is 66.7 Å². The number of aryl methyl sites for hydroxylation is 3. The standard InChI is InChI=1S/C25H22.C20H16O.C13H14.C9H12.C3H8.3C2H6/c1-3-11-19(12-4-1)25(20-13-5-2-6-14-20)23-17-9-7-15-21(23)22-16-8-10-18-24(22)25;1-13-7-3-4-8-15(13)19-14(2)11-12-18-20(19)16-9-5-6-10-17(16)21-18;1-11-7-9-13(10-8-11)12-5-3-2-4-6-12;1-4-6-8-9(3)7-5-2;1-3-2;3*1-2/h1,3-5,7-18,21,23H,2,6H2;3-12H,1-2H3;3,5-10H,2,4H2,1H3;2,6-8H,4H2,1,3H3;3H2,1-2H3;3*1-2H3/b;;;8-6-,9-7-;;;;. The maximum absolute atomic E-state index is 6.01. The van der Waals surface area contributed by atoms with Gasteiger partial charge in [-0.25, -0.2) is 0 Å². The normalized spacial score (nSPS) is 17.1. The van der Waals surface area contributed by atoms with Crippen molar-refractivity contribution in [2.45, 2.75) is 140 Å². The average molecular weight is 1020 g/mol. The molecule has 1 aromatic heterocycles. The number of furan rings is 1. The van der Waals surface area contributed by atoms with Crippen molar-refractivity contribution in [2.24, 2.45) is 5.92 Å². The highest BCUT2D eigenvalue weighted by Crippen LogP contribution is 2.60. The van der Waals surface area contributed by atoms with E-state index in [1.165, 1.54) is 91.3 Å². The molecule has 11 rings (SSSR count). The predicted molar refractivity (Wildman–Crippen MR) is 343 cm³/mol. The van der Waals surface area contributed by atoms with E-state index in [1.54, 1.807) is 6.08 Å². The first-order chi connectivity index (χ1) is 37.8. The fraction of sp³-hybridized carbons (Fsp3) is 0.289. The van der Waals surface area contributed by atoms with Gasteiger partial charge in [0, 0.05) is 22.6 Å². The van der Waals surface area contributed by atoms with Gasteiger partial charge in [0.2, 0.25) is 0 Å². The summed E-state index contributed by atoms with van der Waals surface area (Å²) in [7, 11) is 0. The molecule has 400 valence electrons. The molecule has 0 bridgehead atoms. The summed E-state index contributed by atoms with van der Waals surface area (Å²) < 4.78 is 6.01. The van der Waals surface area contributed by atoms with Gasteiger partial charge in [0.15, 0.2) is 0 Å². The summed E-state index contributed by atoms with van der Waals surface area (Å²) in [6.45, 7) is 26.8. The lowest BCUT2D eigenvalue weighted by molar-refractivity contribution is 0.453. The van der Waals surface area contributed by atoms with E-state index in [2.05, 4.69) is 242 Å². The Bertz CT molecular complexity index is 3160. The summed E-state index contributed by atoms with van der Waals surface area (Å²) in [5.41, 5.74) is 18.0. The Balaban J connectivity index is 0.000000222. The first-order valence-corrected chi connectivity index (χ1v) is 28.8. The van der Waals surface area contributed by atoms with E-state index >= 15 is 0 Å². The Labute approximate surface area is 467 Å². The molecule has 0 saturated heterocycles.